The minimum atomic E-state index is -0.845. The molecule has 1 heterocycles. The number of halogens is 4. The number of rotatable bonds is 6. The first kappa shape index (κ1) is 20.0. The van der Waals surface area contributed by atoms with Crippen LogP contribution in [0.25, 0.3) is 0 Å². The van der Waals surface area contributed by atoms with Crippen LogP contribution >= 0.6 is 34.8 Å². The molecule has 2 aromatic rings. The average molecular weight is 409 g/mol. The summed E-state index contributed by atoms with van der Waals surface area (Å²) in [6.45, 7) is 0.927. The van der Waals surface area contributed by atoms with Gasteiger partial charge in [-0.05, 0) is 31.0 Å². The summed E-state index contributed by atoms with van der Waals surface area (Å²) in [5.41, 5.74) is 0.850. The first-order valence-corrected chi connectivity index (χ1v) is 8.51. The molecule has 5 nitrogen and oxygen atoms in total. The minimum Gasteiger partial charge on any atom is -0.275 e. The molecule has 0 bridgehead atoms. The van der Waals surface area contributed by atoms with Gasteiger partial charge in [-0.25, -0.2) is 9.45 Å². The van der Waals surface area contributed by atoms with Gasteiger partial charge < -0.3 is 0 Å². The van der Waals surface area contributed by atoms with Crippen LogP contribution < -0.4 is 0 Å². The molecule has 0 fully saturated rings. The van der Waals surface area contributed by atoms with Gasteiger partial charge >= 0.3 is 0 Å². The van der Waals surface area contributed by atoms with Gasteiger partial charge in [-0.2, -0.15) is 5.10 Å². The topological polar surface area (TPSA) is 47.4 Å². The van der Waals surface area contributed by atoms with Gasteiger partial charge in [0.25, 0.3) is 5.91 Å². The number of alkyl halides is 1. The molecule has 0 spiro atoms. The van der Waals surface area contributed by atoms with Crippen molar-refractivity contribution >= 4 is 40.7 Å². The van der Waals surface area contributed by atoms with Crippen LogP contribution in [0.3, 0.4) is 0 Å². The van der Waals surface area contributed by atoms with Crippen molar-refractivity contribution < 1.29 is 14.0 Å². The molecular formula is C16H17Cl3FN3O2. The lowest BCUT2D eigenvalue weighted by atomic mass is 10.1. The molecule has 0 saturated heterocycles. The predicted molar refractivity (Wildman–Crippen MR) is 95.8 cm³/mol. The summed E-state index contributed by atoms with van der Waals surface area (Å²) in [7, 11) is 2.98. The first-order chi connectivity index (χ1) is 11.8. The fourth-order valence-electron chi connectivity index (χ4n) is 2.54. The van der Waals surface area contributed by atoms with Gasteiger partial charge in [-0.1, -0.05) is 34.8 Å². The van der Waals surface area contributed by atoms with E-state index in [1.165, 1.54) is 18.0 Å². The number of aryl methyl sites for hydroxylation is 1. The van der Waals surface area contributed by atoms with Crippen molar-refractivity contribution in [3.63, 3.8) is 0 Å². The van der Waals surface area contributed by atoms with Crippen molar-refractivity contribution in [1.29, 1.82) is 0 Å². The van der Waals surface area contributed by atoms with Crippen molar-refractivity contribution in [3.05, 3.63) is 50.2 Å². The van der Waals surface area contributed by atoms with Crippen LogP contribution in [0.1, 0.15) is 28.5 Å². The maximum Gasteiger partial charge on any atom is 0.281 e. The molecule has 1 aromatic heterocycles. The second-order valence-corrected chi connectivity index (χ2v) is 6.76. The van der Waals surface area contributed by atoms with Crippen molar-refractivity contribution in [3.8, 4) is 0 Å². The van der Waals surface area contributed by atoms with Crippen LogP contribution in [-0.4, -0.2) is 33.9 Å². The summed E-state index contributed by atoms with van der Waals surface area (Å²) in [6, 6.07) is 2.75. The molecular weight excluding hydrogens is 392 g/mol. The SMILES string of the molecule is CON(C(=O)c1cn(C)nc1CF)C(C)Cc1c(Cl)cc(Cl)cc1Cl. The normalized spacial score (nSPS) is 12.3. The number of carbonyl (C=O) groups excluding carboxylic acids is 1. The molecule has 0 aliphatic carbocycles. The highest BCUT2D eigenvalue weighted by molar-refractivity contribution is 6.39. The van der Waals surface area contributed by atoms with Crippen molar-refractivity contribution in [2.45, 2.75) is 26.1 Å². The van der Waals surface area contributed by atoms with E-state index in [-0.39, 0.29) is 11.3 Å². The summed E-state index contributed by atoms with van der Waals surface area (Å²) in [6.07, 6.45) is 1.79. The van der Waals surface area contributed by atoms with E-state index < -0.39 is 18.6 Å². The van der Waals surface area contributed by atoms with Gasteiger partial charge in [0.05, 0.1) is 18.7 Å². The lowest BCUT2D eigenvalue weighted by Crippen LogP contribution is -2.39. The number of aromatic nitrogens is 2. The summed E-state index contributed by atoms with van der Waals surface area (Å²) in [4.78, 5) is 17.9. The highest BCUT2D eigenvalue weighted by Crippen LogP contribution is 2.31. The Labute approximate surface area is 160 Å². The molecule has 0 saturated carbocycles. The maximum atomic E-state index is 13.1. The van der Waals surface area contributed by atoms with Crippen molar-refractivity contribution in [1.82, 2.24) is 14.8 Å². The number of hydrogen-bond acceptors (Lipinski definition) is 3. The third kappa shape index (κ3) is 4.44. The van der Waals surface area contributed by atoms with Gasteiger partial charge in [-0.15, -0.1) is 0 Å². The number of nitrogens with zero attached hydrogens (tertiary/aromatic N) is 3. The van der Waals surface area contributed by atoms with E-state index >= 15 is 0 Å². The zero-order valence-corrected chi connectivity index (χ0v) is 16.2. The highest BCUT2D eigenvalue weighted by atomic mass is 35.5. The fourth-order valence-corrected chi connectivity index (χ4v) is 3.51. The van der Waals surface area contributed by atoms with Crippen LogP contribution in [0.5, 0.6) is 0 Å². The standard InChI is InChI=1S/C16H17Cl3FN3O2/c1-9(4-11-13(18)5-10(17)6-14(11)19)23(25-3)16(24)12-8-22(2)21-15(12)7-20/h5-6,8-9H,4,7H2,1-3H3. The third-order valence-corrected chi connectivity index (χ3v) is 4.56. The molecule has 0 aliphatic heterocycles. The smallest absolute Gasteiger partial charge is 0.275 e. The molecule has 9 heteroatoms. The van der Waals surface area contributed by atoms with Gasteiger partial charge in [0.2, 0.25) is 0 Å². The number of benzene rings is 1. The Morgan fingerprint density at radius 2 is 1.96 bits per heavy atom. The largest absolute Gasteiger partial charge is 0.281 e. The maximum absolute atomic E-state index is 13.1. The van der Waals surface area contributed by atoms with Crippen LogP contribution in [0.15, 0.2) is 18.3 Å². The summed E-state index contributed by atoms with van der Waals surface area (Å²) in [5, 5.41) is 6.31. The van der Waals surface area contributed by atoms with Crippen LogP contribution in [-0.2, 0) is 25.0 Å². The Morgan fingerprint density at radius 3 is 2.48 bits per heavy atom. The Kier molecular flexibility index (Phi) is 6.68. The zero-order valence-electron chi connectivity index (χ0n) is 13.9. The van der Waals surface area contributed by atoms with Crippen molar-refractivity contribution in [2.75, 3.05) is 7.11 Å². The van der Waals surface area contributed by atoms with Crippen LogP contribution in [0.2, 0.25) is 15.1 Å². The number of hydrogen-bond donors (Lipinski definition) is 0. The molecule has 0 aliphatic rings. The highest BCUT2D eigenvalue weighted by Gasteiger charge is 2.27. The van der Waals surface area contributed by atoms with Gasteiger partial charge in [0.15, 0.2) is 0 Å². The second-order valence-electron chi connectivity index (χ2n) is 5.51. The van der Waals surface area contributed by atoms with E-state index in [1.807, 2.05) is 0 Å². The number of hydroxylamine groups is 2. The molecule has 136 valence electrons. The average Bonchev–Trinajstić information content (AvgIpc) is 2.92. The van der Waals surface area contributed by atoms with E-state index in [0.717, 1.165) is 5.06 Å². The molecule has 25 heavy (non-hydrogen) atoms. The molecule has 0 radical (unpaired) electrons. The Hall–Kier alpha value is -1.34. The molecule has 0 N–H and O–H groups in total. The summed E-state index contributed by atoms with van der Waals surface area (Å²) < 4.78 is 14.5. The monoisotopic (exact) mass is 407 g/mol. The van der Waals surface area contributed by atoms with E-state index in [4.69, 9.17) is 39.6 Å². The lowest BCUT2D eigenvalue weighted by Gasteiger charge is -2.27. The third-order valence-electron chi connectivity index (χ3n) is 3.66. The lowest BCUT2D eigenvalue weighted by molar-refractivity contribution is -0.119. The number of amides is 1. The molecule has 1 aromatic carbocycles. The Bertz CT molecular complexity index is 759. The molecule has 2 rings (SSSR count). The van der Waals surface area contributed by atoms with Gasteiger partial charge in [-0.3, -0.25) is 14.3 Å². The second kappa shape index (κ2) is 8.36. The van der Waals surface area contributed by atoms with Crippen LogP contribution in [0, 0.1) is 0 Å². The van der Waals surface area contributed by atoms with E-state index in [1.54, 1.807) is 26.1 Å². The fraction of sp³-hybridized carbons (Fsp3) is 0.375. The number of carbonyl (C=O) groups is 1. The van der Waals surface area contributed by atoms with Crippen molar-refractivity contribution in [2.24, 2.45) is 7.05 Å². The van der Waals surface area contributed by atoms with Crippen LogP contribution in [0.4, 0.5) is 4.39 Å². The van der Waals surface area contributed by atoms with Gasteiger partial charge in [0.1, 0.15) is 12.4 Å². The predicted octanol–water partition coefficient (Wildman–Crippen LogP) is 4.48. The van der Waals surface area contributed by atoms with E-state index in [2.05, 4.69) is 5.10 Å². The Morgan fingerprint density at radius 1 is 1.36 bits per heavy atom. The van der Waals surface area contributed by atoms with E-state index in [9.17, 15) is 9.18 Å². The molecule has 1 atom stereocenters. The first-order valence-electron chi connectivity index (χ1n) is 7.38. The quantitative estimate of drug-likeness (QED) is 0.662. The molecule has 1 unspecified atom stereocenters. The zero-order chi connectivity index (χ0) is 18.7. The van der Waals surface area contributed by atoms with E-state index in [0.29, 0.717) is 27.1 Å². The molecule has 1 amide bonds. The van der Waals surface area contributed by atoms with Gasteiger partial charge in [0, 0.05) is 28.3 Å². The summed E-state index contributed by atoms with van der Waals surface area (Å²) >= 11 is 18.3. The minimum absolute atomic E-state index is 0.0595. The summed E-state index contributed by atoms with van der Waals surface area (Å²) in [5.74, 6) is -0.489. The Balaban J connectivity index is 2.27.